The van der Waals surface area contributed by atoms with Gasteiger partial charge in [0, 0.05) is 51.1 Å². The van der Waals surface area contributed by atoms with Crippen LogP contribution in [0.25, 0.3) is 0 Å². The molecule has 3 heterocycles. The highest BCUT2D eigenvalue weighted by molar-refractivity contribution is 5.79. The summed E-state index contributed by atoms with van der Waals surface area (Å²) in [6, 6.07) is 0.177. The number of β-amino-alcohol motifs (C(OH)–C–C–N with tert-alkyl or cyclic N) is 1. The molecule has 2 atom stereocenters. The van der Waals surface area contributed by atoms with Crippen molar-refractivity contribution in [1.29, 1.82) is 0 Å². The van der Waals surface area contributed by atoms with Crippen LogP contribution in [-0.2, 0) is 9.59 Å². The molecule has 0 aromatic rings. The number of aliphatic hydroxyl groups excluding tert-OH is 2. The fraction of sp³-hybridized carbons (Fsp3) is 0.875. The average molecular weight is 325 g/mol. The van der Waals surface area contributed by atoms with Crippen LogP contribution in [0.1, 0.15) is 26.7 Å². The second-order valence-corrected chi connectivity index (χ2v) is 7.52. The summed E-state index contributed by atoms with van der Waals surface area (Å²) < 4.78 is 0. The SMILES string of the molecule is CC(C)C(=O)N1C[C@H]2C[C@@H](O)CN2C2(CN(C(=O)CCO)C2)C1. The van der Waals surface area contributed by atoms with Gasteiger partial charge >= 0.3 is 0 Å². The molecule has 0 aromatic heterocycles. The minimum absolute atomic E-state index is 0.0401. The first kappa shape index (κ1) is 16.7. The molecule has 0 aliphatic carbocycles. The van der Waals surface area contributed by atoms with Crippen LogP contribution in [0, 0.1) is 5.92 Å². The zero-order valence-corrected chi connectivity index (χ0v) is 13.9. The molecule has 3 rings (SSSR count). The van der Waals surface area contributed by atoms with Gasteiger partial charge in [0.25, 0.3) is 0 Å². The Balaban J connectivity index is 1.75. The third-order valence-corrected chi connectivity index (χ3v) is 5.37. The number of fused-ring (bicyclic) bond motifs is 2. The summed E-state index contributed by atoms with van der Waals surface area (Å²) in [7, 11) is 0. The third kappa shape index (κ3) is 2.86. The predicted molar refractivity (Wildman–Crippen MR) is 83.5 cm³/mol. The van der Waals surface area contributed by atoms with Crippen molar-refractivity contribution in [2.24, 2.45) is 5.92 Å². The van der Waals surface area contributed by atoms with Crippen LogP contribution < -0.4 is 0 Å². The summed E-state index contributed by atoms with van der Waals surface area (Å²) in [5.74, 6) is 0.0596. The minimum Gasteiger partial charge on any atom is -0.396 e. The minimum atomic E-state index is -0.354. The standard InChI is InChI=1S/C16H27N3O4/c1-11(2)15(23)17-6-12-5-13(21)7-19(12)16(8-17)9-18(10-16)14(22)3-4-20/h11-13,20-21H,3-10H2,1-2H3/t12-,13-/m1/s1. The third-order valence-electron chi connectivity index (χ3n) is 5.37. The Morgan fingerprint density at radius 2 is 1.83 bits per heavy atom. The monoisotopic (exact) mass is 325 g/mol. The number of likely N-dealkylation sites (tertiary alicyclic amines) is 1. The molecule has 7 nitrogen and oxygen atoms in total. The van der Waals surface area contributed by atoms with E-state index in [-0.39, 0.29) is 48.4 Å². The molecule has 130 valence electrons. The smallest absolute Gasteiger partial charge is 0.225 e. The van der Waals surface area contributed by atoms with Crippen molar-refractivity contribution in [2.45, 2.75) is 44.4 Å². The molecule has 0 saturated carbocycles. The van der Waals surface area contributed by atoms with Gasteiger partial charge in [0.1, 0.15) is 0 Å². The van der Waals surface area contributed by atoms with Crippen molar-refractivity contribution in [3.05, 3.63) is 0 Å². The lowest BCUT2D eigenvalue weighted by Gasteiger charge is -2.61. The fourth-order valence-electron chi connectivity index (χ4n) is 4.32. The van der Waals surface area contributed by atoms with Gasteiger partial charge in [-0.15, -0.1) is 0 Å². The second-order valence-electron chi connectivity index (χ2n) is 7.52. The van der Waals surface area contributed by atoms with E-state index in [4.69, 9.17) is 5.11 Å². The highest BCUT2D eigenvalue weighted by atomic mass is 16.3. The fourth-order valence-corrected chi connectivity index (χ4v) is 4.32. The number of nitrogens with zero attached hydrogens (tertiary/aromatic N) is 3. The van der Waals surface area contributed by atoms with E-state index < -0.39 is 0 Å². The van der Waals surface area contributed by atoms with Gasteiger partial charge in [0.05, 0.1) is 18.2 Å². The van der Waals surface area contributed by atoms with Crippen molar-refractivity contribution >= 4 is 11.8 Å². The van der Waals surface area contributed by atoms with Gasteiger partial charge in [-0.05, 0) is 6.42 Å². The Morgan fingerprint density at radius 1 is 1.17 bits per heavy atom. The molecular weight excluding hydrogens is 298 g/mol. The molecule has 23 heavy (non-hydrogen) atoms. The van der Waals surface area contributed by atoms with E-state index in [9.17, 15) is 14.7 Å². The van der Waals surface area contributed by atoms with E-state index in [1.807, 2.05) is 18.7 Å². The van der Waals surface area contributed by atoms with Crippen molar-refractivity contribution in [3.8, 4) is 0 Å². The Kier molecular flexibility index (Phi) is 4.37. The number of hydrogen-bond donors (Lipinski definition) is 2. The Labute approximate surface area is 136 Å². The van der Waals surface area contributed by atoms with E-state index in [1.165, 1.54) is 0 Å². The summed E-state index contributed by atoms with van der Waals surface area (Å²) in [5.41, 5.74) is -0.226. The number of hydrogen-bond acceptors (Lipinski definition) is 5. The zero-order chi connectivity index (χ0) is 16.8. The molecular formula is C16H27N3O4. The maximum absolute atomic E-state index is 12.4. The second kappa shape index (κ2) is 6.03. The summed E-state index contributed by atoms with van der Waals surface area (Å²) >= 11 is 0. The number of piperazine rings is 1. The van der Waals surface area contributed by atoms with E-state index in [2.05, 4.69) is 4.90 Å². The lowest BCUT2D eigenvalue weighted by molar-refractivity contribution is -0.163. The number of aliphatic hydroxyl groups is 2. The highest BCUT2D eigenvalue weighted by Gasteiger charge is 2.57. The molecule has 0 aromatic carbocycles. The van der Waals surface area contributed by atoms with Crippen molar-refractivity contribution in [1.82, 2.24) is 14.7 Å². The Morgan fingerprint density at radius 3 is 2.43 bits per heavy atom. The first-order chi connectivity index (χ1) is 10.9. The zero-order valence-electron chi connectivity index (χ0n) is 13.9. The summed E-state index contributed by atoms with van der Waals surface area (Å²) in [6.45, 7) is 6.75. The largest absolute Gasteiger partial charge is 0.396 e. The van der Waals surface area contributed by atoms with Crippen molar-refractivity contribution in [3.63, 3.8) is 0 Å². The maximum Gasteiger partial charge on any atom is 0.225 e. The van der Waals surface area contributed by atoms with E-state index >= 15 is 0 Å². The van der Waals surface area contributed by atoms with E-state index in [0.717, 1.165) is 0 Å². The predicted octanol–water partition coefficient (Wildman–Crippen LogP) is -1.12. The van der Waals surface area contributed by atoms with Gasteiger partial charge < -0.3 is 20.0 Å². The van der Waals surface area contributed by atoms with Crippen LogP contribution in [0.4, 0.5) is 0 Å². The topological polar surface area (TPSA) is 84.3 Å². The molecule has 3 aliphatic heterocycles. The average Bonchev–Trinajstić information content (AvgIpc) is 2.83. The molecule has 2 amide bonds. The number of carbonyl (C=O) groups is 2. The Bertz CT molecular complexity index is 490. The lowest BCUT2D eigenvalue weighted by Crippen LogP contribution is -2.79. The summed E-state index contributed by atoms with van der Waals surface area (Å²) in [4.78, 5) is 30.4. The molecule has 2 N–H and O–H groups in total. The summed E-state index contributed by atoms with van der Waals surface area (Å²) in [6.07, 6.45) is 0.485. The molecule has 7 heteroatoms. The summed E-state index contributed by atoms with van der Waals surface area (Å²) in [5, 5.41) is 19.0. The molecule has 3 aliphatic rings. The molecule has 0 unspecified atom stereocenters. The highest BCUT2D eigenvalue weighted by Crippen LogP contribution is 2.39. The quantitative estimate of drug-likeness (QED) is 0.687. The number of carbonyl (C=O) groups excluding carboxylic acids is 2. The van der Waals surface area contributed by atoms with Crippen LogP contribution in [-0.4, -0.2) is 93.7 Å². The van der Waals surface area contributed by atoms with Gasteiger partial charge in [-0.3, -0.25) is 14.5 Å². The van der Waals surface area contributed by atoms with E-state index in [1.54, 1.807) is 4.90 Å². The van der Waals surface area contributed by atoms with Crippen LogP contribution in [0.5, 0.6) is 0 Å². The van der Waals surface area contributed by atoms with Gasteiger partial charge in [-0.25, -0.2) is 0 Å². The molecule has 3 saturated heterocycles. The van der Waals surface area contributed by atoms with Crippen LogP contribution in [0.3, 0.4) is 0 Å². The van der Waals surface area contributed by atoms with Crippen LogP contribution >= 0.6 is 0 Å². The van der Waals surface area contributed by atoms with Gasteiger partial charge in [0.15, 0.2) is 0 Å². The number of amides is 2. The molecule has 0 bridgehead atoms. The van der Waals surface area contributed by atoms with Crippen molar-refractivity contribution in [2.75, 3.05) is 39.3 Å². The molecule has 0 radical (unpaired) electrons. The van der Waals surface area contributed by atoms with Crippen LogP contribution in [0.2, 0.25) is 0 Å². The first-order valence-corrected chi connectivity index (χ1v) is 8.48. The van der Waals surface area contributed by atoms with Gasteiger partial charge in [0.2, 0.25) is 11.8 Å². The Hall–Kier alpha value is -1.18. The molecule has 3 fully saturated rings. The molecule has 1 spiro atoms. The first-order valence-electron chi connectivity index (χ1n) is 8.48. The van der Waals surface area contributed by atoms with Crippen molar-refractivity contribution < 1.29 is 19.8 Å². The lowest BCUT2D eigenvalue weighted by atomic mass is 9.83. The van der Waals surface area contributed by atoms with Crippen LogP contribution in [0.15, 0.2) is 0 Å². The van der Waals surface area contributed by atoms with E-state index in [0.29, 0.717) is 39.1 Å². The maximum atomic E-state index is 12.4. The van der Waals surface area contributed by atoms with Gasteiger partial charge in [-0.2, -0.15) is 0 Å². The van der Waals surface area contributed by atoms with Gasteiger partial charge in [-0.1, -0.05) is 13.8 Å². The number of rotatable bonds is 3. The normalized spacial score (nSPS) is 29.8.